The van der Waals surface area contributed by atoms with Crippen molar-refractivity contribution in [2.45, 2.75) is 26.4 Å². The number of aliphatic hydroxyl groups excluding tert-OH is 1. The van der Waals surface area contributed by atoms with Gasteiger partial charge < -0.3 is 9.84 Å². The molecule has 3 nitrogen and oxygen atoms in total. The molecule has 0 amide bonds. The van der Waals surface area contributed by atoms with E-state index in [0.717, 1.165) is 0 Å². The van der Waals surface area contributed by atoms with Gasteiger partial charge in [-0.15, -0.1) is 0 Å². The Kier molecular flexibility index (Phi) is 4.54. The van der Waals surface area contributed by atoms with Gasteiger partial charge in [-0.05, 0) is 13.8 Å². The molecule has 1 atom stereocenters. The smallest absolute Gasteiger partial charge is 0.308 e. The molecule has 0 heterocycles. The van der Waals surface area contributed by atoms with E-state index in [0.29, 0.717) is 12.2 Å². The maximum absolute atomic E-state index is 10.7. The highest BCUT2D eigenvalue weighted by atomic mass is 16.5. The summed E-state index contributed by atoms with van der Waals surface area (Å²) in [5.74, 6) is -0.386. The second kappa shape index (κ2) is 4.91. The average molecular weight is 158 g/mol. The zero-order valence-electron chi connectivity index (χ0n) is 6.96. The van der Waals surface area contributed by atoms with Crippen LogP contribution in [0.2, 0.25) is 0 Å². The van der Waals surface area contributed by atoms with E-state index in [-0.39, 0.29) is 12.4 Å². The second-order valence-corrected chi connectivity index (χ2v) is 2.37. The van der Waals surface area contributed by atoms with Crippen LogP contribution in [0.1, 0.15) is 20.3 Å². The molecule has 0 aromatic carbocycles. The molecule has 0 radical (unpaired) electrons. The summed E-state index contributed by atoms with van der Waals surface area (Å²) in [6.07, 6.45) is -0.766. The third-order valence-corrected chi connectivity index (χ3v) is 1.23. The minimum Gasteiger partial charge on any atom is -0.466 e. The van der Waals surface area contributed by atoms with Crippen molar-refractivity contribution < 1.29 is 14.6 Å². The summed E-state index contributed by atoms with van der Waals surface area (Å²) in [6.45, 7) is 7.26. The van der Waals surface area contributed by atoms with Gasteiger partial charge in [-0.2, -0.15) is 0 Å². The van der Waals surface area contributed by atoms with Crippen molar-refractivity contribution in [3.63, 3.8) is 0 Å². The number of hydrogen-bond acceptors (Lipinski definition) is 3. The Labute approximate surface area is 66.7 Å². The van der Waals surface area contributed by atoms with Crippen molar-refractivity contribution in [1.82, 2.24) is 0 Å². The lowest BCUT2D eigenvalue weighted by atomic mass is 10.1. The van der Waals surface area contributed by atoms with Gasteiger partial charge in [0.2, 0.25) is 0 Å². The van der Waals surface area contributed by atoms with Gasteiger partial charge in [0.15, 0.2) is 0 Å². The standard InChI is InChI=1S/C8H14O3/c1-4-11-8(10)5-7(9)6(2)3/h7,9H,2,4-5H2,1,3H3/t7-/m1/s1. The van der Waals surface area contributed by atoms with Crippen LogP contribution in [-0.2, 0) is 9.53 Å². The molecule has 0 aromatic rings. The van der Waals surface area contributed by atoms with Gasteiger partial charge in [0.1, 0.15) is 0 Å². The second-order valence-electron chi connectivity index (χ2n) is 2.37. The Hall–Kier alpha value is -0.830. The largest absolute Gasteiger partial charge is 0.466 e. The quantitative estimate of drug-likeness (QED) is 0.488. The Morgan fingerprint density at radius 1 is 1.73 bits per heavy atom. The number of ether oxygens (including phenoxy) is 1. The summed E-state index contributed by atoms with van der Waals surface area (Å²) in [5.41, 5.74) is 0.582. The number of carbonyl (C=O) groups excluding carboxylic acids is 1. The molecule has 0 unspecified atom stereocenters. The summed E-state index contributed by atoms with van der Waals surface area (Å²) in [6, 6.07) is 0. The third kappa shape index (κ3) is 4.56. The van der Waals surface area contributed by atoms with Gasteiger partial charge in [0.25, 0.3) is 0 Å². The highest BCUT2D eigenvalue weighted by Crippen LogP contribution is 2.03. The number of esters is 1. The van der Waals surface area contributed by atoms with E-state index in [1.807, 2.05) is 0 Å². The fourth-order valence-corrected chi connectivity index (χ4v) is 0.552. The minimum absolute atomic E-state index is 0.00315. The summed E-state index contributed by atoms with van der Waals surface area (Å²) in [5, 5.41) is 9.12. The van der Waals surface area contributed by atoms with Crippen molar-refractivity contribution in [3.05, 3.63) is 12.2 Å². The maximum Gasteiger partial charge on any atom is 0.308 e. The fourth-order valence-electron chi connectivity index (χ4n) is 0.552. The molecular weight excluding hydrogens is 144 g/mol. The minimum atomic E-state index is -0.769. The molecule has 64 valence electrons. The number of carbonyl (C=O) groups is 1. The topological polar surface area (TPSA) is 46.5 Å². The van der Waals surface area contributed by atoms with Crippen LogP contribution in [0.4, 0.5) is 0 Å². The van der Waals surface area contributed by atoms with Gasteiger partial charge in [-0.1, -0.05) is 12.2 Å². The summed E-state index contributed by atoms with van der Waals surface area (Å²) in [7, 11) is 0. The van der Waals surface area contributed by atoms with E-state index in [2.05, 4.69) is 11.3 Å². The van der Waals surface area contributed by atoms with Gasteiger partial charge in [-0.3, -0.25) is 4.79 Å². The lowest BCUT2D eigenvalue weighted by Crippen LogP contribution is -2.16. The number of hydrogen-bond donors (Lipinski definition) is 1. The Morgan fingerprint density at radius 3 is 2.64 bits per heavy atom. The molecule has 0 rings (SSSR count). The van der Waals surface area contributed by atoms with Crippen molar-refractivity contribution in [3.8, 4) is 0 Å². The molecule has 0 spiro atoms. The lowest BCUT2D eigenvalue weighted by molar-refractivity contribution is -0.144. The van der Waals surface area contributed by atoms with E-state index >= 15 is 0 Å². The molecular formula is C8H14O3. The van der Waals surface area contributed by atoms with Crippen LogP contribution in [0.15, 0.2) is 12.2 Å². The Morgan fingerprint density at radius 2 is 2.27 bits per heavy atom. The molecule has 0 saturated carbocycles. The van der Waals surface area contributed by atoms with Crippen LogP contribution in [0.5, 0.6) is 0 Å². The van der Waals surface area contributed by atoms with Gasteiger partial charge in [0.05, 0.1) is 19.1 Å². The molecule has 1 N–H and O–H groups in total. The molecule has 0 aliphatic rings. The van der Waals surface area contributed by atoms with Crippen LogP contribution in [0.25, 0.3) is 0 Å². The van der Waals surface area contributed by atoms with Crippen molar-refractivity contribution in [1.29, 1.82) is 0 Å². The normalized spacial score (nSPS) is 12.3. The first-order valence-corrected chi connectivity index (χ1v) is 3.57. The van der Waals surface area contributed by atoms with E-state index in [9.17, 15) is 4.79 Å². The first kappa shape index (κ1) is 10.2. The summed E-state index contributed by atoms with van der Waals surface area (Å²) < 4.78 is 4.62. The predicted octanol–water partition coefficient (Wildman–Crippen LogP) is 0.877. The van der Waals surface area contributed by atoms with Gasteiger partial charge >= 0.3 is 5.97 Å². The van der Waals surface area contributed by atoms with Crippen LogP contribution in [-0.4, -0.2) is 23.8 Å². The van der Waals surface area contributed by atoms with Gasteiger partial charge in [-0.25, -0.2) is 0 Å². The highest BCUT2D eigenvalue weighted by molar-refractivity contribution is 5.70. The molecule has 11 heavy (non-hydrogen) atoms. The van der Waals surface area contributed by atoms with E-state index in [1.54, 1.807) is 13.8 Å². The molecule has 0 aliphatic carbocycles. The summed E-state index contributed by atoms with van der Waals surface area (Å²) in [4.78, 5) is 10.7. The first-order valence-electron chi connectivity index (χ1n) is 3.57. The molecule has 3 heteroatoms. The average Bonchev–Trinajstić information content (AvgIpc) is 1.87. The van der Waals surface area contributed by atoms with Crippen molar-refractivity contribution in [2.24, 2.45) is 0 Å². The van der Waals surface area contributed by atoms with Crippen LogP contribution in [0.3, 0.4) is 0 Å². The third-order valence-electron chi connectivity index (χ3n) is 1.23. The Balaban J connectivity index is 3.66. The summed E-state index contributed by atoms with van der Waals surface area (Å²) >= 11 is 0. The van der Waals surface area contributed by atoms with Gasteiger partial charge in [0, 0.05) is 0 Å². The predicted molar refractivity (Wildman–Crippen MR) is 42.1 cm³/mol. The molecule has 0 saturated heterocycles. The zero-order chi connectivity index (χ0) is 8.85. The van der Waals surface area contributed by atoms with E-state index in [4.69, 9.17) is 5.11 Å². The zero-order valence-corrected chi connectivity index (χ0v) is 6.96. The fraction of sp³-hybridized carbons (Fsp3) is 0.625. The maximum atomic E-state index is 10.7. The lowest BCUT2D eigenvalue weighted by Gasteiger charge is -2.08. The number of aliphatic hydroxyl groups is 1. The van der Waals surface area contributed by atoms with E-state index < -0.39 is 6.10 Å². The molecule has 0 fully saturated rings. The number of rotatable bonds is 4. The SMILES string of the molecule is C=C(C)[C@H](O)CC(=O)OCC. The van der Waals surface area contributed by atoms with E-state index in [1.165, 1.54) is 0 Å². The van der Waals surface area contributed by atoms with Crippen molar-refractivity contribution in [2.75, 3.05) is 6.61 Å². The highest BCUT2D eigenvalue weighted by Gasteiger charge is 2.11. The molecule has 0 bridgehead atoms. The Bertz CT molecular complexity index is 151. The van der Waals surface area contributed by atoms with Crippen LogP contribution >= 0.6 is 0 Å². The van der Waals surface area contributed by atoms with Crippen molar-refractivity contribution >= 4 is 5.97 Å². The monoisotopic (exact) mass is 158 g/mol. The van der Waals surface area contributed by atoms with Crippen LogP contribution in [0, 0.1) is 0 Å². The first-order chi connectivity index (χ1) is 5.07. The molecule has 0 aromatic heterocycles. The van der Waals surface area contributed by atoms with Crippen LogP contribution < -0.4 is 0 Å². The molecule has 0 aliphatic heterocycles.